The number of aliphatic hydroxyl groups excluding tert-OH is 1. The minimum absolute atomic E-state index is 0.293. The van der Waals surface area contributed by atoms with Crippen LogP contribution in [-0.4, -0.2) is 35.7 Å². The third-order valence-electron chi connectivity index (χ3n) is 4.87. The van der Waals surface area contributed by atoms with Gasteiger partial charge in [0.05, 0.1) is 7.11 Å². The van der Waals surface area contributed by atoms with Crippen LogP contribution in [-0.2, 0) is 0 Å². The van der Waals surface area contributed by atoms with E-state index in [0.29, 0.717) is 10.8 Å². The summed E-state index contributed by atoms with van der Waals surface area (Å²) >= 11 is 6.12. The van der Waals surface area contributed by atoms with Gasteiger partial charge in [0.25, 0.3) is 0 Å². The maximum Gasteiger partial charge on any atom is 0.124 e. The molecule has 4 heteroatoms. The van der Waals surface area contributed by atoms with E-state index in [0.717, 1.165) is 25.1 Å². The molecule has 0 radical (unpaired) electrons. The van der Waals surface area contributed by atoms with E-state index < -0.39 is 6.10 Å². The van der Waals surface area contributed by atoms with Crippen LogP contribution in [0.4, 0.5) is 0 Å². The SMILES string of the molecule is CCC(C)(C(O)c1cc(Cl)ccc1OC)N1CCCCC1. The van der Waals surface area contributed by atoms with Crippen LogP contribution in [0.5, 0.6) is 5.75 Å². The molecule has 21 heavy (non-hydrogen) atoms. The number of ether oxygens (including phenoxy) is 1. The molecule has 1 aliphatic heterocycles. The topological polar surface area (TPSA) is 32.7 Å². The van der Waals surface area contributed by atoms with E-state index in [2.05, 4.69) is 18.7 Å². The molecule has 0 amide bonds. The number of hydrogen-bond donors (Lipinski definition) is 1. The molecule has 1 heterocycles. The van der Waals surface area contributed by atoms with Gasteiger partial charge in [-0.1, -0.05) is 24.9 Å². The molecule has 0 aromatic heterocycles. The zero-order chi connectivity index (χ0) is 15.5. The summed E-state index contributed by atoms with van der Waals surface area (Å²) in [5.41, 5.74) is 0.484. The highest BCUT2D eigenvalue weighted by atomic mass is 35.5. The summed E-state index contributed by atoms with van der Waals surface area (Å²) in [6.07, 6.45) is 3.95. The second-order valence-corrected chi connectivity index (χ2v) is 6.48. The first-order chi connectivity index (χ1) is 10.0. The number of likely N-dealkylation sites (tertiary alicyclic amines) is 1. The van der Waals surface area contributed by atoms with Crippen molar-refractivity contribution in [2.45, 2.75) is 51.2 Å². The number of hydrogen-bond acceptors (Lipinski definition) is 3. The lowest BCUT2D eigenvalue weighted by molar-refractivity contribution is -0.0361. The first-order valence-corrected chi connectivity index (χ1v) is 8.17. The molecule has 0 aliphatic carbocycles. The Balaban J connectivity index is 2.34. The molecule has 2 rings (SSSR count). The van der Waals surface area contributed by atoms with Crippen molar-refractivity contribution in [1.82, 2.24) is 4.90 Å². The number of nitrogens with zero attached hydrogens (tertiary/aromatic N) is 1. The summed E-state index contributed by atoms with van der Waals surface area (Å²) in [7, 11) is 1.63. The van der Waals surface area contributed by atoms with E-state index in [-0.39, 0.29) is 5.54 Å². The van der Waals surface area contributed by atoms with Crippen molar-refractivity contribution in [3.8, 4) is 5.75 Å². The first kappa shape index (κ1) is 16.6. The Hall–Kier alpha value is -0.770. The molecular weight excluding hydrogens is 286 g/mol. The van der Waals surface area contributed by atoms with Crippen LogP contribution in [0, 0.1) is 0 Å². The molecule has 3 nitrogen and oxygen atoms in total. The van der Waals surface area contributed by atoms with Crippen LogP contribution >= 0.6 is 11.6 Å². The summed E-state index contributed by atoms with van der Waals surface area (Å²) in [5.74, 6) is 0.698. The molecule has 1 N–H and O–H groups in total. The van der Waals surface area contributed by atoms with Crippen LogP contribution in [0.25, 0.3) is 0 Å². The molecule has 1 aromatic rings. The van der Waals surface area contributed by atoms with E-state index >= 15 is 0 Å². The predicted octanol–water partition coefficient (Wildman–Crippen LogP) is 4.04. The summed E-state index contributed by atoms with van der Waals surface area (Å²) in [6, 6.07) is 5.44. The lowest BCUT2D eigenvalue weighted by Gasteiger charge is -2.46. The van der Waals surface area contributed by atoms with Gasteiger partial charge in [-0.05, 0) is 57.5 Å². The molecule has 118 valence electrons. The highest BCUT2D eigenvalue weighted by Gasteiger charge is 2.39. The third kappa shape index (κ3) is 3.36. The third-order valence-corrected chi connectivity index (χ3v) is 5.10. The lowest BCUT2D eigenvalue weighted by atomic mass is 9.83. The molecule has 0 spiro atoms. The van der Waals surface area contributed by atoms with Gasteiger partial charge < -0.3 is 9.84 Å². The number of piperidine rings is 1. The second-order valence-electron chi connectivity index (χ2n) is 6.05. The molecule has 0 saturated carbocycles. The summed E-state index contributed by atoms with van der Waals surface area (Å²) in [5, 5.41) is 11.7. The Morgan fingerprint density at radius 1 is 1.33 bits per heavy atom. The number of halogens is 1. The lowest BCUT2D eigenvalue weighted by Crippen LogP contribution is -2.52. The molecule has 1 aromatic carbocycles. The minimum atomic E-state index is -0.616. The van der Waals surface area contributed by atoms with E-state index in [1.165, 1.54) is 19.3 Å². The molecule has 1 saturated heterocycles. The molecule has 2 atom stereocenters. The number of rotatable bonds is 5. The maximum absolute atomic E-state index is 11.0. The maximum atomic E-state index is 11.0. The smallest absolute Gasteiger partial charge is 0.124 e. The van der Waals surface area contributed by atoms with E-state index in [4.69, 9.17) is 16.3 Å². The van der Waals surface area contributed by atoms with Gasteiger partial charge in [-0.15, -0.1) is 0 Å². The van der Waals surface area contributed by atoms with Crippen molar-refractivity contribution >= 4 is 11.6 Å². The van der Waals surface area contributed by atoms with Crippen LogP contribution in [0.2, 0.25) is 5.02 Å². The average molecular weight is 312 g/mol. The minimum Gasteiger partial charge on any atom is -0.496 e. The van der Waals surface area contributed by atoms with Crippen LogP contribution < -0.4 is 4.74 Å². The molecular formula is C17H26ClNO2. The van der Waals surface area contributed by atoms with Gasteiger partial charge >= 0.3 is 0 Å². The van der Waals surface area contributed by atoms with E-state index in [1.54, 1.807) is 13.2 Å². The van der Waals surface area contributed by atoms with Crippen LogP contribution in [0.3, 0.4) is 0 Å². The van der Waals surface area contributed by atoms with E-state index in [1.807, 2.05) is 12.1 Å². The number of methoxy groups -OCH3 is 1. The van der Waals surface area contributed by atoms with Gasteiger partial charge in [0.2, 0.25) is 0 Å². The average Bonchev–Trinajstić information content (AvgIpc) is 2.54. The van der Waals surface area contributed by atoms with Crippen LogP contribution in [0.15, 0.2) is 18.2 Å². The van der Waals surface area contributed by atoms with Crippen molar-refractivity contribution in [1.29, 1.82) is 0 Å². The Morgan fingerprint density at radius 3 is 2.57 bits per heavy atom. The largest absolute Gasteiger partial charge is 0.496 e. The predicted molar refractivity (Wildman–Crippen MR) is 87.1 cm³/mol. The second kappa shape index (κ2) is 6.99. The fourth-order valence-electron chi connectivity index (χ4n) is 3.25. The fourth-order valence-corrected chi connectivity index (χ4v) is 3.43. The van der Waals surface area contributed by atoms with Gasteiger partial charge in [0, 0.05) is 16.1 Å². The van der Waals surface area contributed by atoms with Crippen LogP contribution in [0.1, 0.15) is 51.2 Å². The molecule has 1 aliphatic rings. The molecule has 1 fully saturated rings. The molecule has 2 unspecified atom stereocenters. The van der Waals surface area contributed by atoms with Crippen molar-refractivity contribution in [2.24, 2.45) is 0 Å². The van der Waals surface area contributed by atoms with Crippen molar-refractivity contribution in [3.63, 3.8) is 0 Å². The highest BCUT2D eigenvalue weighted by molar-refractivity contribution is 6.30. The Kier molecular flexibility index (Phi) is 5.53. The van der Waals surface area contributed by atoms with Crippen molar-refractivity contribution < 1.29 is 9.84 Å². The fraction of sp³-hybridized carbons (Fsp3) is 0.647. The molecule has 0 bridgehead atoms. The summed E-state index contributed by atoms with van der Waals surface area (Å²) < 4.78 is 5.41. The van der Waals surface area contributed by atoms with Gasteiger partial charge in [0.15, 0.2) is 0 Å². The summed E-state index contributed by atoms with van der Waals surface area (Å²) in [6.45, 7) is 6.37. The standard InChI is InChI=1S/C17H26ClNO2/c1-4-17(2,19-10-6-5-7-11-19)16(20)14-12-13(18)8-9-15(14)21-3/h8-9,12,16,20H,4-7,10-11H2,1-3H3. The quantitative estimate of drug-likeness (QED) is 0.891. The van der Waals surface area contributed by atoms with E-state index in [9.17, 15) is 5.11 Å². The zero-order valence-corrected chi connectivity index (χ0v) is 14.0. The van der Waals surface area contributed by atoms with Gasteiger partial charge in [0.1, 0.15) is 11.9 Å². The monoisotopic (exact) mass is 311 g/mol. The highest BCUT2D eigenvalue weighted by Crippen LogP contribution is 2.40. The van der Waals surface area contributed by atoms with Gasteiger partial charge in [-0.2, -0.15) is 0 Å². The Morgan fingerprint density at radius 2 is 2.00 bits per heavy atom. The van der Waals surface area contributed by atoms with Crippen molar-refractivity contribution in [3.05, 3.63) is 28.8 Å². The normalized spacial score (nSPS) is 20.8. The Labute approximate surface area is 132 Å². The van der Waals surface area contributed by atoms with Crippen molar-refractivity contribution in [2.75, 3.05) is 20.2 Å². The summed E-state index contributed by atoms with van der Waals surface area (Å²) in [4.78, 5) is 2.42. The first-order valence-electron chi connectivity index (χ1n) is 7.79. The van der Waals surface area contributed by atoms with Gasteiger partial charge in [-0.3, -0.25) is 4.90 Å². The van der Waals surface area contributed by atoms with Gasteiger partial charge in [-0.25, -0.2) is 0 Å². The zero-order valence-electron chi connectivity index (χ0n) is 13.2. The Bertz CT molecular complexity index is 474. The number of benzene rings is 1. The number of aliphatic hydroxyl groups is 1.